The third-order valence-corrected chi connectivity index (χ3v) is 4.40. The summed E-state index contributed by atoms with van der Waals surface area (Å²) in [7, 11) is 0. The van der Waals surface area contributed by atoms with Crippen LogP contribution in [0.3, 0.4) is 0 Å². The zero-order valence-electron chi connectivity index (χ0n) is 14.1. The minimum Gasteiger partial charge on any atom is -0.381 e. The van der Waals surface area contributed by atoms with E-state index in [0.717, 1.165) is 31.4 Å². The van der Waals surface area contributed by atoms with E-state index >= 15 is 0 Å². The van der Waals surface area contributed by atoms with Gasteiger partial charge >= 0.3 is 6.11 Å². The Morgan fingerprint density at radius 3 is 2.38 bits per heavy atom. The van der Waals surface area contributed by atoms with Crippen LogP contribution in [-0.2, 0) is 15.6 Å². The van der Waals surface area contributed by atoms with Crippen molar-refractivity contribution in [1.82, 2.24) is 0 Å². The van der Waals surface area contributed by atoms with Gasteiger partial charge in [-0.1, -0.05) is 13.0 Å². The van der Waals surface area contributed by atoms with Crippen LogP contribution in [0.4, 0.5) is 17.6 Å². The number of benzene rings is 1. The van der Waals surface area contributed by atoms with Gasteiger partial charge in [0.05, 0.1) is 11.7 Å². The van der Waals surface area contributed by atoms with Crippen molar-refractivity contribution in [3.63, 3.8) is 0 Å². The second kappa shape index (κ2) is 8.30. The molecule has 0 amide bonds. The molecule has 0 saturated heterocycles. The maximum atomic E-state index is 14.2. The maximum absolute atomic E-state index is 14.2. The van der Waals surface area contributed by atoms with Crippen LogP contribution >= 0.6 is 0 Å². The molecule has 24 heavy (non-hydrogen) atoms. The molecule has 2 nitrogen and oxygen atoms in total. The molecular formula is C18H24F4O2. The highest BCUT2D eigenvalue weighted by Crippen LogP contribution is 2.37. The maximum Gasteiger partial charge on any atom is 0.386 e. The van der Waals surface area contributed by atoms with Crippen LogP contribution in [0, 0.1) is 24.5 Å². The van der Waals surface area contributed by atoms with Gasteiger partial charge in [0.25, 0.3) is 0 Å². The minimum absolute atomic E-state index is 0.0142. The van der Waals surface area contributed by atoms with Gasteiger partial charge in [-0.3, -0.25) is 0 Å². The first-order valence-electron chi connectivity index (χ1n) is 8.43. The van der Waals surface area contributed by atoms with Gasteiger partial charge in [0.15, 0.2) is 11.6 Å². The van der Waals surface area contributed by atoms with Gasteiger partial charge in [0.2, 0.25) is 0 Å². The Labute approximate surface area is 140 Å². The molecule has 0 unspecified atom stereocenters. The molecule has 2 rings (SSSR count). The number of aryl methyl sites for hydroxylation is 1. The highest BCUT2D eigenvalue weighted by Gasteiger charge is 2.40. The number of ether oxygens (including phenoxy) is 2. The molecule has 0 radical (unpaired) electrons. The average molecular weight is 348 g/mol. The Hall–Kier alpha value is -1.14. The van der Waals surface area contributed by atoms with Crippen molar-refractivity contribution in [1.29, 1.82) is 0 Å². The van der Waals surface area contributed by atoms with E-state index in [1.165, 1.54) is 6.92 Å². The number of rotatable bonds is 7. The van der Waals surface area contributed by atoms with Gasteiger partial charge in [-0.2, -0.15) is 8.78 Å². The first kappa shape index (κ1) is 19.2. The fourth-order valence-corrected chi connectivity index (χ4v) is 2.95. The average Bonchev–Trinajstić information content (AvgIpc) is 2.54. The van der Waals surface area contributed by atoms with Crippen LogP contribution in [0.2, 0.25) is 0 Å². The molecule has 0 aromatic heterocycles. The van der Waals surface area contributed by atoms with Crippen LogP contribution in [0.25, 0.3) is 0 Å². The fraction of sp³-hybridized carbons (Fsp3) is 0.667. The van der Waals surface area contributed by atoms with E-state index in [9.17, 15) is 17.6 Å². The molecule has 0 atom stereocenters. The molecule has 0 aliphatic heterocycles. The zero-order valence-corrected chi connectivity index (χ0v) is 14.1. The number of halogens is 4. The monoisotopic (exact) mass is 348 g/mol. The van der Waals surface area contributed by atoms with Crippen LogP contribution in [-0.4, -0.2) is 19.3 Å². The first-order valence-corrected chi connectivity index (χ1v) is 8.43. The Kier molecular flexibility index (Phi) is 6.63. The summed E-state index contributed by atoms with van der Waals surface area (Å²) >= 11 is 0. The molecule has 0 bridgehead atoms. The predicted octanol–water partition coefficient (Wildman–Crippen LogP) is 5.32. The topological polar surface area (TPSA) is 18.5 Å². The summed E-state index contributed by atoms with van der Waals surface area (Å²) in [6.45, 7) is 4.68. The summed E-state index contributed by atoms with van der Waals surface area (Å²) in [5.41, 5.74) is -1.06. The number of hydrogen-bond acceptors (Lipinski definition) is 2. The Balaban J connectivity index is 1.93. The molecule has 0 heterocycles. The van der Waals surface area contributed by atoms with E-state index in [2.05, 4.69) is 0 Å². The third kappa shape index (κ3) is 4.70. The molecule has 1 saturated carbocycles. The van der Waals surface area contributed by atoms with E-state index in [-0.39, 0.29) is 5.56 Å². The van der Waals surface area contributed by atoms with Crippen molar-refractivity contribution >= 4 is 0 Å². The lowest BCUT2D eigenvalue weighted by Gasteiger charge is -2.31. The molecule has 1 aliphatic rings. The highest BCUT2D eigenvalue weighted by atomic mass is 19.3. The summed E-state index contributed by atoms with van der Waals surface area (Å²) in [6, 6.07) is 2.02. The largest absolute Gasteiger partial charge is 0.386 e. The lowest BCUT2D eigenvalue weighted by molar-refractivity contribution is -0.279. The second-order valence-electron chi connectivity index (χ2n) is 6.41. The normalized spacial score (nSPS) is 21.9. The van der Waals surface area contributed by atoms with Gasteiger partial charge in [0.1, 0.15) is 0 Å². The predicted molar refractivity (Wildman–Crippen MR) is 82.9 cm³/mol. The summed E-state index contributed by atoms with van der Waals surface area (Å²) in [5.74, 6) is -2.45. The zero-order chi connectivity index (χ0) is 17.7. The molecule has 1 aromatic carbocycles. The summed E-state index contributed by atoms with van der Waals surface area (Å²) in [6.07, 6.45) is -1.16. The SMILES string of the molecule is CCCOCC1CCC(OC(F)(F)c2ccc(C)c(F)c2F)CC1. The highest BCUT2D eigenvalue weighted by molar-refractivity contribution is 5.27. The minimum atomic E-state index is -3.84. The fourth-order valence-electron chi connectivity index (χ4n) is 2.95. The van der Waals surface area contributed by atoms with Crippen molar-refractivity contribution < 1.29 is 27.0 Å². The van der Waals surface area contributed by atoms with E-state index in [1.807, 2.05) is 6.92 Å². The van der Waals surface area contributed by atoms with Gasteiger partial charge in [-0.25, -0.2) is 8.78 Å². The van der Waals surface area contributed by atoms with Gasteiger partial charge < -0.3 is 9.47 Å². The molecular weight excluding hydrogens is 324 g/mol. The van der Waals surface area contributed by atoms with Crippen molar-refractivity contribution in [3.05, 3.63) is 34.9 Å². The Morgan fingerprint density at radius 1 is 1.08 bits per heavy atom. The van der Waals surface area contributed by atoms with E-state index in [4.69, 9.17) is 9.47 Å². The van der Waals surface area contributed by atoms with E-state index in [0.29, 0.717) is 32.0 Å². The Morgan fingerprint density at radius 2 is 1.75 bits per heavy atom. The molecule has 1 aromatic rings. The molecule has 0 N–H and O–H groups in total. The summed E-state index contributed by atoms with van der Waals surface area (Å²) in [5, 5.41) is 0. The van der Waals surface area contributed by atoms with Crippen molar-refractivity contribution in [2.45, 2.75) is 58.2 Å². The number of alkyl halides is 2. The van der Waals surface area contributed by atoms with Crippen molar-refractivity contribution in [2.24, 2.45) is 5.92 Å². The summed E-state index contributed by atoms with van der Waals surface area (Å²) in [4.78, 5) is 0. The molecule has 136 valence electrons. The summed E-state index contributed by atoms with van der Waals surface area (Å²) < 4.78 is 66.0. The van der Waals surface area contributed by atoms with Gasteiger partial charge in [-0.15, -0.1) is 0 Å². The van der Waals surface area contributed by atoms with Crippen molar-refractivity contribution in [3.8, 4) is 0 Å². The third-order valence-electron chi connectivity index (χ3n) is 4.40. The lowest BCUT2D eigenvalue weighted by atomic mass is 9.88. The number of hydrogen-bond donors (Lipinski definition) is 0. The van der Waals surface area contributed by atoms with E-state index in [1.54, 1.807) is 0 Å². The van der Waals surface area contributed by atoms with Gasteiger partial charge in [-0.05, 0) is 56.6 Å². The van der Waals surface area contributed by atoms with Crippen LogP contribution in [0.1, 0.15) is 50.2 Å². The molecule has 1 fully saturated rings. The Bertz CT molecular complexity index is 540. The second-order valence-corrected chi connectivity index (χ2v) is 6.41. The smallest absolute Gasteiger partial charge is 0.381 e. The van der Waals surface area contributed by atoms with Crippen molar-refractivity contribution in [2.75, 3.05) is 13.2 Å². The quantitative estimate of drug-likeness (QED) is 0.490. The lowest BCUT2D eigenvalue weighted by Crippen LogP contribution is -2.31. The van der Waals surface area contributed by atoms with Crippen LogP contribution in [0.5, 0.6) is 0 Å². The van der Waals surface area contributed by atoms with Crippen LogP contribution < -0.4 is 0 Å². The molecule has 0 spiro atoms. The molecule has 6 heteroatoms. The molecule has 1 aliphatic carbocycles. The van der Waals surface area contributed by atoms with Gasteiger partial charge in [0, 0.05) is 13.2 Å². The standard InChI is InChI=1S/C18H24F4O2/c1-3-10-23-11-13-5-7-14(8-6-13)24-18(21,22)15-9-4-12(2)16(19)17(15)20/h4,9,13-14H,3,5-8,10-11H2,1-2H3. The first-order chi connectivity index (χ1) is 11.3. The van der Waals surface area contributed by atoms with Crippen LogP contribution in [0.15, 0.2) is 12.1 Å². The van der Waals surface area contributed by atoms with E-state index < -0.39 is 29.4 Å².